The highest BCUT2D eigenvalue weighted by Crippen LogP contribution is 2.12. The fourth-order valence-electron chi connectivity index (χ4n) is 0.705. The number of nitrogens with zero attached hydrogens (tertiary/aromatic N) is 1. The van der Waals surface area contributed by atoms with Crippen molar-refractivity contribution in [3.8, 4) is 0 Å². The Morgan fingerprint density at radius 2 is 2.25 bits per heavy atom. The van der Waals surface area contributed by atoms with E-state index in [9.17, 15) is 5.11 Å². The number of aliphatic hydroxyl groups excluding tert-OH is 1. The normalized spacial score (nSPS) is 11.9. The Morgan fingerprint density at radius 3 is 2.67 bits per heavy atom. The van der Waals surface area contributed by atoms with Gasteiger partial charge in [-0.3, -0.25) is 4.98 Å². The third-order valence-corrected chi connectivity index (χ3v) is 1.78. The minimum atomic E-state index is -0.650. The maximum atomic E-state index is 9.22. The van der Waals surface area contributed by atoms with Gasteiger partial charge in [-0.25, -0.2) is 0 Å². The number of rotatable bonds is 2. The maximum absolute atomic E-state index is 9.22. The van der Waals surface area contributed by atoms with E-state index in [0.29, 0.717) is 5.69 Å². The van der Waals surface area contributed by atoms with E-state index in [-0.39, 0.29) is 19.0 Å². The maximum Gasteiger partial charge on any atom is 0.108 e. The fourth-order valence-corrected chi connectivity index (χ4v) is 0.940. The van der Waals surface area contributed by atoms with E-state index < -0.39 is 6.10 Å². The second kappa shape index (κ2) is 5.48. The van der Waals surface area contributed by atoms with Gasteiger partial charge in [0.1, 0.15) is 6.10 Å². The van der Waals surface area contributed by atoms with Crippen molar-refractivity contribution < 1.29 is 5.11 Å². The molecule has 3 nitrogen and oxygen atoms in total. The Labute approximate surface area is 85.5 Å². The summed E-state index contributed by atoms with van der Waals surface area (Å²) >= 11 is 3.24. The van der Waals surface area contributed by atoms with Crippen LogP contribution in [-0.2, 0) is 0 Å². The van der Waals surface area contributed by atoms with Crippen molar-refractivity contribution in [2.75, 3.05) is 6.54 Å². The lowest BCUT2D eigenvalue weighted by molar-refractivity contribution is 0.182. The van der Waals surface area contributed by atoms with Gasteiger partial charge in [-0.1, -0.05) is 0 Å². The lowest BCUT2D eigenvalue weighted by Gasteiger charge is -2.05. The van der Waals surface area contributed by atoms with Crippen molar-refractivity contribution in [1.29, 1.82) is 0 Å². The SMILES string of the molecule is Cl.NCC(O)c1ccc(Br)cn1. The van der Waals surface area contributed by atoms with Crippen molar-refractivity contribution in [3.05, 3.63) is 28.5 Å². The smallest absolute Gasteiger partial charge is 0.108 e. The molecular formula is C7H10BrClN2O. The fraction of sp³-hybridized carbons (Fsp3) is 0.286. The molecule has 0 bridgehead atoms. The third-order valence-electron chi connectivity index (χ3n) is 1.31. The minimum Gasteiger partial charge on any atom is -0.385 e. The van der Waals surface area contributed by atoms with Gasteiger partial charge < -0.3 is 10.8 Å². The highest BCUT2D eigenvalue weighted by atomic mass is 79.9. The Kier molecular flexibility index (Phi) is 5.41. The quantitative estimate of drug-likeness (QED) is 0.834. The molecule has 0 saturated heterocycles. The molecule has 0 aliphatic rings. The Hall–Kier alpha value is -0.160. The van der Waals surface area contributed by atoms with Crippen LogP contribution in [0.4, 0.5) is 0 Å². The van der Waals surface area contributed by atoms with E-state index in [1.807, 2.05) is 6.07 Å². The molecular weight excluding hydrogens is 243 g/mol. The average Bonchev–Trinajstić information content (AvgIpc) is 2.05. The molecule has 5 heteroatoms. The van der Waals surface area contributed by atoms with Crippen LogP contribution in [0, 0.1) is 0 Å². The van der Waals surface area contributed by atoms with Crippen molar-refractivity contribution in [2.24, 2.45) is 5.73 Å². The summed E-state index contributed by atoms with van der Waals surface area (Å²) in [5.74, 6) is 0. The summed E-state index contributed by atoms with van der Waals surface area (Å²) in [6, 6.07) is 3.56. The molecule has 1 atom stereocenters. The second-order valence-corrected chi connectivity index (χ2v) is 3.07. The number of pyridine rings is 1. The molecule has 12 heavy (non-hydrogen) atoms. The molecule has 0 spiro atoms. The van der Waals surface area contributed by atoms with Gasteiger partial charge in [0.15, 0.2) is 0 Å². The molecule has 3 N–H and O–H groups in total. The van der Waals surface area contributed by atoms with E-state index in [1.165, 1.54) is 0 Å². The predicted octanol–water partition coefficient (Wildman–Crippen LogP) is 1.26. The van der Waals surface area contributed by atoms with Crippen LogP contribution in [0.15, 0.2) is 22.8 Å². The zero-order valence-corrected chi connectivity index (χ0v) is 8.68. The van der Waals surface area contributed by atoms with Gasteiger partial charge in [0.25, 0.3) is 0 Å². The molecule has 0 aromatic carbocycles. The van der Waals surface area contributed by atoms with E-state index >= 15 is 0 Å². The van der Waals surface area contributed by atoms with Gasteiger partial charge in [-0.05, 0) is 28.1 Å². The molecule has 0 radical (unpaired) electrons. The van der Waals surface area contributed by atoms with Crippen LogP contribution in [0.5, 0.6) is 0 Å². The summed E-state index contributed by atoms with van der Waals surface area (Å²) in [7, 11) is 0. The van der Waals surface area contributed by atoms with E-state index in [0.717, 1.165) is 4.47 Å². The molecule has 1 heterocycles. The van der Waals surface area contributed by atoms with Crippen LogP contribution in [0.3, 0.4) is 0 Å². The van der Waals surface area contributed by atoms with Gasteiger partial charge in [0.2, 0.25) is 0 Å². The summed E-state index contributed by atoms with van der Waals surface area (Å²) in [4.78, 5) is 3.97. The summed E-state index contributed by atoms with van der Waals surface area (Å²) in [5, 5.41) is 9.22. The molecule has 1 aromatic heterocycles. The van der Waals surface area contributed by atoms with Gasteiger partial charge in [-0.15, -0.1) is 12.4 Å². The van der Waals surface area contributed by atoms with Crippen molar-refractivity contribution >= 4 is 28.3 Å². The van der Waals surface area contributed by atoms with Gasteiger partial charge in [0, 0.05) is 17.2 Å². The van der Waals surface area contributed by atoms with Crippen molar-refractivity contribution in [2.45, 2.75) is 6.10 Å². The highest BCUT2D eigenvalue weighted by molar-refractivity contribution is 9.10. The van der Waals surface area contributed by atoms with E-state index in [1.54, 1.807) is 12.3 Å². The second-order valence-electron chi connectivity index (χ2n) is 2.15. The summed E-state index contributed by atoms with van der Waals surface area (Å²) < 4.78 is 0.894. The molecule has 1 rings (SSSR count). The average molecular weight is 254 g/mol. The van der Waals surface area contributed by atoms with Crippen LogP contribution in [-0.4, -0.2) is 16.6 Å². The lowest BCUT2D eigenvalue weighted by Crippen LogP contribution is -2.12. The summed E-state index contributed by atoms with van der Waals surface area (Å²) in [5.41, 5.74) is 5.85. The number of aromatic nitrogens is 1. The van der Waals surface area contributed by atoms with Gasteiger partial charge in [-0.2, -0.15) is 0 Å². The van der Waals surface area contributed by atoms with Gasteiger partial charge in [0.05, 0.1) is 5.69 Å². The highest BCUT2D eigenvalue weighted by Gasteiger charge is 2.04. The molecule has 0 aliphatic carbocycles. The number of nitrogens with two attached hydrogens (primary N) is 1. The first kappa shape index (κ1) is 11.8. The first-order chi connectivity index (χ1) is 5.24. The number of hydrogen-bond acceptors (Lipinski definition) is 3. The zero-order chi connectivity index (χ0) is 8.27. The lowest BCUT2D eigenvalue weighted by atomic mass is 10.2. The first-order valence-electron chi connectivity index (χ1n) is 3.23. The van der Waals surface area contributed by atoms with Crippen LogP contribution >= 0.6 is 28.3 Å². The summed E-state index contributed by atoms with van der Waals surface area (Å²) in [6.07, 6.45) is 0.983. The molecule has 0 aliphatic heterocycles. The van der Waals surface area contributed by atoms with Crippen molar-refractivity contribution in [1.82, 2.24) is 4.98 Å². The zero-order valence-electron chi connectivity index (χ0n) is 6.27. The van der Waals surface area contributed by atoms with Gasteiger partial charge >= 0.3 is 0 Å². The monoisotopic (exact) mass is 252 g/mol. The Morgan fingerprint density at radius 1 is 1.58 bits per heavy atom. The van der Waals surface area contributed by atoms with E-state index in [2.05, 4.69) is 20.9 Å². The van der Waals surface area contributed by atoms with Crippen molar-refractivity contribution in [3.63, 3.8) is 0 Å². The number of hydrogen-bond donors (Lipinski definition) is 2. The standard InChI is InChI=1S/C7H9BrN2O.ClH/c8-5-1-2-6(10-4-5)7(11)3-9;/h1-2,4,7,11H,3,9H2;1H. The van der Waals surface area contributed by atoms with Crippen LogP contribution in [0.25, 0.3) is 0 Å². The van der Waals surface area contributed by atoms with Crippen LogP contribution in [0.2, 0.25) is 0 Å². The minimum absolute atomic E-state index is 0. The van der Waals surface area contributed by atoms with Crippen LogP contribution < -0.4 is 5.73 Å². The Bertz CT molecular complexity index is 229. The molecule has 1 unspecified atom stereocenters. The molecule has 0 fully saturated rings. The summed E-state index contributed by atoms with van der Waals surface area (Å²) in [6.45, 7) is 0.203. The largest absolute Gasteiger partial charge is 0.385 e. The third kappa shape index (κ3) is 3.06. The molecule has 0 amide bonds. The topological polar surface area (TPSA) is 59.1 Å². The molecule has 68 valence electrons. The first-order valence-corrected chi connectivity index (χ1v) is 4.03. The number of halogens is 2. The number of aliphatic hydroxyl groups is 1. The molecule has 1 aromatic rings. The predicted molar refractivity (Wildman–Crippen MR) is 53.2 cm³/mol. The van der Waals surface area contributed by atoms with E-state index in [4.69, 9.17) is 5.73 Å². The Balaban J connectivity index is 0.00000121. The van der Waals surface area contributed by atoms with Crippen LogP contribution in [0.1, 0.15) is 11.8 Å². The molecule has 0 saturated carbocycles.